The third-order valence-corrected chi connectivity index (χ3v) is 3.53. The van der Waals surface area contributed by atoms with Crippen molar-refractivity contribution in [2.24, 2.45) is 0 Å². The molecular formula is C16H18N2O3S. The Balaban J connectivity index is 2.37. The van der Waals surface area contributed by atoms with Crippen LogP contribution in [0, 0.1) is 11.4 Å². The highest BCUT2D eigenvalue weighted by atomic mass is 32.1. The summed E-state index contributed by atoms with van der Waals surface area (Å²) in [7, 11) is 0. The molecule has 0 aliphatic heterocycles. The first-order chi connectivity index (χ1) is 10.5. The van der Waals surface area contributed by atoms with Crippen LogP contribution < -0.4 is 10.5 Å². The van der Waals surface area contributed by atoms with E-state index in [1.54, 1.807) is 13.8 Å². The first kappa shape index (κ1) is 16.0. The summed E-state index contributed by atoms with van der Waals surface area (Å²) < 4.78 is 11.0. The van der Waals surface area contributed by atoms with Crippen LogP contribution in [0.1, 0.15) is 28.5 Å². The number of rotatable bonds is 5. The molecule has 0 amide bonds. The zero-order chi connectivity index (χ0) is 16.1. The highest BCUT2D eigenvalue weighted by Crippen LogP contribution is 2.25. The number of carbonyl (C=O) groups excluding carboxylic acids is 1. The largest absolute Gasteiger partial charge is 0.473 e. The van der Waals surface area contributed by atoms with Gasteiger partial charge in [-0.15, -0.1) is 0 Å². The summed E-state index contributed by atoms with van der Waals surface area (Å²) >= 11 is 5.26. The van der Waals surface area contributed by atoms with Crippen LogP contribution >= 0.6 is 12.2 Å². The number of benzene rings is 1. The molecule has 116 valence electrons. The number of nitrogens with one attached hydrogen (secondary N) is 1. The fraction of sp³-hybridized carbons (Fsp3) is 0.250. The number of hydrogen-bond donors (Lipinski definition) is 2. The molecule has 0 atom stereocenters. The summed E-state index contributed by atoms with van der Waals surface area (Å²) in [5.41, 5.74) is 8.04. The zero-order valence-corrected chi connectivity index (χ0v) is 13.3. The van der Waals surface area contributed by atoms with E-state index >= 15 is 0 Å². The van der Waals surface area contributed by atoms with Crippen molar-refractivity contribution in [3.05, 3.63) is 51.7 Å². The van der Waals surface area contributed by atoms with Crippen LogP contribution in [0.25, 0.3) is 0 Å². The fourth-order valence-electron chi connectivity index (χ4n) is 1.93. The van der Waals surface area contributed by atoms with Crippen molar-refractivity contribution in [3.8, 4) is 5.88 Å². The van der Waals surface area contributed by atoms with Crippen LogP contribution in [0.4, 0.5) is 5.69 Å². The molecule has 1 aromatic heterocycles. The molecule has 1 aromatic carbocycles. The second kappa shape index (κ2) is 7.09. The van der Waals surface area contributed by atoms with Crippen LogP contribution in [0.15, 0.2) is 30.3 Å². The van der Waals surface area contributed by atoms with Gasteiger partial charge in [0.05, 0.1) is 16.8 Å². The van der Waals surface area contributed by atoms with Gasteiger partial charge in [0.15, 0.2) is 0 Å². The quantitative estimate of drug-likeness (QED) is 0.652. The number of anilines is 1. The van der Waals surface area contributed by atoms with E-state index in [4.69, 9.17) is 27.4 Å². The van der Waals surface area contributed by atoms with E-state index in [2.05, 4.69) is 4.98 Å². The third kappa shape index (κ3) is 3.46. The van der Waals surface area contributed by atoms with E-state index in [9.17, 15) is 4.79 Å². The first-order valence-corrected chi connectivity index (χ1v) is 7.31. The molecule has 6 heteroatoms. The summed E-state index contributed by atoms with van der Waals surface area (Å²) in [6.07, 6.45) is 0. The summed E-state index contributed by atoms with van der Waals surface area (Å²) in [5, 5.41) is 0. The maximum absolute atomic E-state index is 12.1. The Labute approximate surface area is 134 Å². The summed E-state index contributed by atoms with van der Waals surface area (Å²) in [5.74, 6) is -0.266. The molecule has 0 unspecified atom stereocenters. The Hall–Kier alpha value is -2.34. The molecule has 3 N–H and O–H groups in total. The third-order valence-electron chi connectivity index (χ3n) is 3.11. The molecule has 2 rings (SSSR count). The number of esters is 1. The Morgan fingerprint density at radius 3 is 2.64 bits per heavy atom. The Kier molecular flexibility index (Phi) is 5.16. The lowest BCUT2D eigenvalue weighted by atomic mass is 10.2. The lowest BCUT2D eigenvalue weighted by Crippen LogP contribution is -2.12. The minimum atomic E-state index is -0.543. The van der Waals surface area contributed by atoms with Gasteiger partial charge in [0.25, 0.3) is 0 Å². The smallest absolute Gasteiger partial charge is 0.345 e. The molecule has 2 aromatic rings. The van der Waals surface area contributed by atoms with Crippen molar-refractivity contribution < 1.29 is 14.3 Å². The van der Waals surface area contributed by atoms with E-state index in [0.717, 1.165) is 5.56 Å². The number of nitrogen functional groups attached to an aromatic ring is 1. The lowest BCUT2D eigenvalue weighted by molar-refractivity contribution is 0.0519. The average molecular weight is 318 g/mol. The maximum atomic E-state index is 12.1. The van der Waals surface area contributed by atoms with Gasteiger partial charge in [-0.05, 0) is 19.4 Å². The number of ether oxygens (including phenoxy) is 2. The van der Waals surface area contributed by atoms with Crippen molar-refractivity contribution >= 4 is 23.9 Å². The minimum Gasteiger partial charge on any atom is -0.473 e. The monoisotopic (exact) mass is 318 g/mol. The maximum Gasteiger partial charge on any atom is 0.345 e. The van der Waals surface area contributed by atoms with Crippen molar-refractivity contribution in [1.29, 1.82) is 0 Å². The van der Waals surface area contributed by atoms with Crippen molar-refractivity contribution in [3.63, 3.8) is 0 Å². The predicted octanol–water partition coefficient (Wildman–Crippen LogP) is 3.39. The van der Waals surface area contributed by atoms with Gasteiger partial charge in [-0.2, -0.15) is 0 Å². The van der Waals surface area contributed by atoms with Gasteiger partial charge in [-0.3, -0.25) is 0 Å². The van der Waals surface area contributed by atoms with Crippen LogP contribution in [0.5, 0.6) is 5.88 Å². The Morgan fingerprint density at radius 2 is 2.00 bits per heavy atom. The van der Waals surface area contributed by atoms with E-state index < -0.39 is 5.97 Å². The number of pyridine rings is 1. The van der Waals surface area contributed by atoms with Crippen LogP contribution in [0.3, 0.4) is 0 Å². The topological polar surface area (TPSA) is 77.3 Å². The second-order valence-corrected chi connectivity index (χ2v) is 5.10. The molecule has 0 bridgehead atoms. The molecule has 1 heterocycles. The van der Waals surface area contributed by atoms with Crippen molar-refractivity contribution in [1.82, 2.24) is 4.98 Å². The predicted molar refractivity (Wildman–Crippen MR) is 87.5 cm³/mol. The van der Waals surface area contributed by atoms with E-state index in [1.807, 2.05) is 30.3 Å². The standard InChI is InChI=1S/C16H18N2O3S/c1-3-20-16(19)12-14(22)13(17)10(2)18-15(12)21-9-11-7-5-4-6-8-11/h4-8H,3,9,17H2,1-2H3,(H,18,22). The molecule has 0 radical (unpaired) electrons. The molecule has 22 heavy (non-hydrogen) atoms. The summed E-state index contributed by atoms with van der Waals surface area (Å²) in [6.45, 7) is 4.06. The lowest BCUT2D eigenvalue weighted by Gasteiger charge is -2.14. The van der Waals surface area contributed by atoms with Gasteiger partial charge in [-0.25, -0.2) is 4.79 Å². The highest BCUT2D eigenvalue weighted by Gasteiger charge is 2.20. The minimum absolute atomic E-state index is 0.163. The first-order valence-electron chi connectivity index (χ1n) is 6.90. The number of nitrogens with two attached hydrogens (primary N) is 1. The number of hydrogen-bond acceptors (Lipinski definition) is 5. The summed E-state index contributed by atoms with van der Waals surface area (Å²) in [6, 6.07) is 9.63. The van der Waals surface area contributed by atoms with Gasteiger partial charge >= 0.3 is 5.97 Å². The second-order valence-electron chi connectivity index (χ2n) is 4.69. The van der Waals surface area contributed by atoms with Crippen LogP contribution in [-0.4, -0.2) is 17.6 Å². The Bertz CT molecular complexity index is 726. The summed E-state index contributed by atoms with van der Waals surface area (Å²) in [4.78, 5) is 15.1. The number of aromatic amines is 1. The molecule has 0 aliphatic carbocycles. The Morgan fingerprint density at radius 1 is 1.32 bits per heavy atom. The number of carbonyl (C=O) groups is 1. The molecule has 0 spiro atoms. The number of aromatic nitrogens is 1. The molecule has 0 fully saturated rings. The molecule has 0 saturated heterocycles. The number of H-pyrrole nitrogens is 1. The van der Waals surface area contributed by atoms with Crippen LogP contribution in [0.2, 0.25) is 0 Å². The van der Waals surface area contributed by atoms with Crippen LogP contribution in [-0.2, 0) is 11.3 Å². The highest BCUT2D eigenvalue weighted by molar-refractivity contribution is 7.71. The SMILES string of the molecule is CCOC(=O)c1c(OCc2ccccc2)[nH]c(C)c(N)c1=S. The molecule has 0 aliphatic rings. The molecular weight excluding hydrogens is 300 g/mol. The van der Waals surface area contributed by atoms with E-state index in [0.29, 0.717) is 18.0 Å². The van der Waals surface area contributed by atoms with Crippen molar-refractivity contribution in [2.75, 3.05) is 12.3 Å². The molecule has 5 nitrogen and oxygen atoms in total. The average Bonchev–Trinajstić information content (AvgIpc) is 2.51. The van der Waals surface area contributed by atoms with Gasteiger partial charge in [0.2, 0.25) is 5.88 Å². The zero-order valence-electron chi connectivity index (χ0n) is 12.5. The van der Waals surface area contributed by atoms with E-state index in [-0.39, 0.29) is 22.6 Å². The van der Waals surface area contributed by atoms with E-state index in [1.165, 1.54) is 0 Å². The normalized spacial score (nSPS) is 10.3. The van der Waals surface area contributed by atoms with Crippen molar-refractivity contribution in [2.45, 2.75) is 20.5 Å². The van der Waals surface area contributed by atoms with Gasteiger partial charge < -0.3 is 20.2 Å². The van der Waals surface area contributed by atoms with Gasteiger partial charge in [-0.1, -0.05) is 42.5 Å². The van der Waals surface area contributed by atoms with Gasteiger partial charge in [0.1, 0.15) is 12.2 Å². The number of aryl methyl sites for hydroxylation is 1. The van der Waals surface area contributed by atoms with Gasteiger partial charge in [0, 0.05) is 5.69 Å². The fourth-order valence-corrected chi connectivity index (χ4v) is 2.26. The molecule has 0 saturated carbocycles.